The summed E-state index contributed by atoms with van der Waals surface area (Å²) >= 11 is 0. The third-order valence-electron chi connectivity index (χ3n) is 5.73. The molecule has 1 aromatic carbocycles. The third-order valence-corrected chi connectivity index (χ3v) is 5.73. The number of hydrogen-bond acceptors (Lipinski definition) is 4. The number of ether oxygens (including phenoxy) is 1. The topological polar surface area (TPSA) is 85.3 Å². The highest BCUT2D eigenvalue weighted by molar-refractivity contribution is 5.95. The number of alkyl halides is 3. The molecule has 186 valence electrons. The average molecular weight is 481 g/mol. The number of carbonyl (C=O) groups excluding carboxylic acids is 2. The number of alkyl carbamates (subject to hydrolysis) is 1. The lowest BCUT2D eigenvalue weighted by molar-refractivity contribution is -0.143. The molecule has 34 heavy (non-hydrogen) atoms. The van der Waals surface area contributed by atoms with Crippen molar-refractivity contribution in [1.82, 2.24) is 20.4 Å². The fourth-order valence-electron chi connectivity index (χ4n) is 4.11. The average Bonchev–Trinajstić information content (AvgIpc) is 3.18. The number of nitrogens with one attached hydrogen (secondary N) is 2. The van der Waals surface area contributed by atoms with Gasteiger partial charge < -0.3 is 15.4 Å². The molecule has 10 heteroatoms. The van der Waals surface area contributed by atoms with Crippen molar-refractivity contribution in [2.75, 3.05) is 6.54 Å². The van der Waals surface area contributed by atoms with Crippen LogP contribution in [0.15, 0.2) is 30.5 Å². The Morgan fingerprint density at radius 3 is 2.26 bits per heavy atom. The van der Waals surface area contributed by atoms with E-state index in [4.69, 9.17) is 4.74 Å². The third kappa shape index (κ3) is 6.30. The molecule has 7 nitrogen and oxygen atoms in total. The number of rotatable bonds is 5. The van der Waals surface area contributed by atoms with Gasteiger partial charge in [-0.15, -0.1) is 0 Å². The van der Waals surface area contributed by atoms with Crippen molar-refractivity contribution in [1.29, 1.82) is 0 Å². The summed E-state index contributed by atoms with van der Waals surface area (Å²) in [6, 6.07) is 6.38. The van der Waals surface area contributed by atoms with E-state index in [0.717, 1.165) is 35.7 Å². The lowest BCUT2D eigenvalue weighted by Crippen LogP contribution is -2.57. The highest BCUT2D eigenvalue weighted by Crippen LogP contribution is 2.34. The number of hydrogen-bond donors (Lipinski definition) is 2. The van der Waals surface area contributed by atoms with E-state index in [1.807, 2.05) is 6.92 Å². The van der Waals surface area contributed by atoms with E-state index < -0.39 is 40.6 Å². The molecule has 0 radical (unpaired) electrons. The molecule has 3 rings (SSSR count). The van der Waals surface area contributed by atoms with Crippen molar-refractivity contribution in [2.24, 2.45) is 0 Å². The van der Waals surface area contributed by atoms with E-state index in [9.17, 15) is 22.8 Å². The molecule has 1 heterocycles. The fraction of sp³-hybridized carbons (Fsp3) is 0.542. The maximum absolute atomic E-state index is 14.0. The Balaban J connectivity index is 1.82. The predicted molar refractivity (Wildman–Crippen MR) is 121 cm³/mol. The first-order valence-corrected chi connectivity index (χ1v) is 11.3. The fourth-order valence-corrected chi connectivity index (χ4v) is 4.11. The zero-order valence-electron chi connectivity index (χ0n) is 19.9. The smallest absolute Gasteiger partial charge is 0.434 e. The Hall–Kier alpha value is -3.04. The Labute approximate surface area is 197 Å². The van der Waals surface area contributed by atoms with E-state index in [1.165, 1.54) is 12.1 Å². The molecule has 1 fully saturated rings. The van der Waals surface area contributed by atoms with Crippen LogP contribution in [0, 0.1) is 6.92 Å². The molecule has 2 aromatic rings. The van der Waals surface area contributed by atoms with Gasteiger partial charge in [0.15, 0.2) is 5.69 Å². The van der Waals surface area contributed by atoms with Crippen molar-refractivity contribution >= 4 is 12.0 Å². The van der Waals surface area contributed by atoms with Crippen LogP contribution >= 0.6 is 0 Å². The Kier molecular flexibility index (Phi) is 7.28. The zero-order chi connectivity index (χ0) is 25.1. The van der Waals surface area contributed by atoms with Crippen LogP contribution in [0.5, 0.6) is 0 Å². The van der Waals surface area contributed by atoms with Gasteiger partial charge in [0.05, 0.1) is 23.0 Å². The van der Waals surface area contributed by atoms with Gasteiger partial charge in [0.2, 0.25) is 0 Å². The second kappa shape index (κ2) is 9.68. The maximum atomic E-state index is 14.0. The van der Waals surface area contributed by atoms with Gasteiger partial charge in [-0.05, 0) is 52.7 Å². The molecule has 2 amide bonds. The maximum Gasteiger partial charge on any atom is 0.434 e. The molecular weight excluding hydrogens is 449 g/mol. The molecular formula is C24H31F3N4O3. The number of halogens is 3. The molecule has 1 aromatic heterocycles. The SMILES string of the molecule is Cc1ccc(-n2ncc(C(=O)NCC3(NC(=O)OC(C)(C)C)CCCCC3)c2C(F)(F)F)cc1. The highest BCUT2D eigenvalue weighted by atomic mass is 19.4. The van der Waals surface area contributed by atoms with Gasteiger partial charge in [-0.3, -0.25) is 4.79 Å². The van der Waals surface area contributed by atoms with Gasteiger partial charge >= 0.3 is 12.3 Å². The first-order chi connectivity index (χ1) is 15.8. The van der Waals surface area contributed by atoms with Gasteiger partial charge in [-0.2, -0.15) is 18.3 Å². The zero-order valence-corrected chi connectivity index (χ0v) is 19.9. The molecule has 1 aliphatic rings. The van der Waals surface area contributed by atoms with E-state index in [1.54, 1.807) is 32.9 Å². The summed E-state index contributed by atoms with van der Waals surface area (Å²) in [6.45, 7) is 7.03. The molecule has 1 aliphatic carbocycles. The Morgan fingerprint density at radius 1 is 1.09 bits per heavy atom. The molecule has 0 spiro atoms. The quantitative estimate of drug-likeness (QED) is 0.619. The van der Waals surface area contributed by atoms with Gasteiger partial charge in [-0.25, -0.2) is 9.48 Å². The van der Waals surface area contributed by atoms with Crippen molar-refractivity contribution in [3.63, 3.8) is 0 Å². The largest absolute Gasteiger partial charge is 0.444 e. The molecule has 0 bridgehead atoms. The van der Waals surface area contributed by atoms with E-state index >= 15 is 0 Å². The van der Waals surface area contributed by atoms with Crippen LogP contribution in [-0.2, 0) is 10.9 Å². The van der Waals surface area contributed by atoms with Crippen LogP contribution < -0.4 is 10.6 Å². The van der Waals surface area contributed by atoms with Gasteiger partial charge in [0.1, 0.15) is 5.60 Å². The minimum absolute atomic E-state index is 0.0158. The molecule has 0 saturated heterocycles. The van der Waals surface area contributed by atoms with Crippen molar-refractivity contribution in [3.05, 3.63) is 47.3 Å². The molecule has 0 unspecified atom stereocenters. The summed E-state index contributed by atoms with van der Waals surface area (Å²) in [7, 11) is 0. The van der Waals surface area contributed by atoms with E-state index in [0.29, 0.717) is 12.8 Å². The second-order valence-corrected chi connectivity index (χ2v) is 9.80. The minimum Gasteiger partial charge on any atom is -0.444 e. The number of nitrogens with zero attached hydrogens (tertiary/aromatic N) is 2. The van der Waals surface area contributed by atoms with Crippen molar-refractivity contribution in [2.45, 2.75) is 77.1 Å². The summed E-state index contributed by atoms with van der Waals surface area (Å²) in [6.07, 6.45) is -0.698. The summed E-state index contributed by atoms with van der Waals surface area (Å²) in [4.78, 5) is 25.3. The summed E-state index contributed by atoms with van der Waals surface area (Å²) in [5.41, 5.74) is -2.12. The molecule has 2 N–H and O–H groups in total. The molecule has 1 saturated carbocycles. The number of aryl methyl sites for hydroxylation is 1. The number of aromatic nitrogens is 2. The monoisotopic (exact) mass is 480 g/mol. The highest BCUT2D eigenvalue weighted by Gasteiger charge is 2.41. The standard InChI is InChI=1S/C24H31F3N4O3/c1-16-8-10-17(11-9-16)31-19(24(25,26)27)18(14-29-31)20(32)28-15-23(12-6-5-7-13-23)30-21(33)34-22(2,3)4/h8-11,14H,5-7,12-13,15H2,1-4H3,(H,28,32)(H,30,33). The number of benzene rings is 1. The molecule has 0 aliphatic heterocycles. The first-order valence-electron chi connectivity index (χ1n) is 11.3. The number of carbonyl (C=O) groups is 2. The molecule has 0 atom stereocenters. The van der Waals surface area contributed by atoms with Crippen LogP contribution in [0.4, 0.5) is 18.0 Å². The first kappa shape index (κ1) is 25.6. The van der Waals surface area contributed by atoms with Gasteiger partial charge in [0.25, 0.3) is 5.91 Å². The van der Waals surface area contributed by atoms with Gasteiger partial charge in [-0.1, -0.05) is 37.0 Å². The summed E-state index contributed by atoms with van der Waals surface area (Å²) in [5.74, 6) is -0.901. The van der Waals surface area contributed by atoms with Crippen LogP contribution in [0.25, 0.3) is 5.69 Å². The predicted octanol–water partition coefficient (Wildman–Crippen LogP) is 5.16. The van der Waals surface area contributed by atoms with Crippen molar-refractivity contribution in [3.8, 4) is 5.69 Å². The van der Waals surface area contributed by atoms with Crippen LogP contribution in [0.1, 0.15) is 74.5 Å². The number of amides is 2. The van der Waals surface area contributed by atoms with E-state index in [-0.39, 0.29) is 12.2 Å². The lowest BCUT2D eigenvalue weighted by Gasteiger charge is -2.38. The van der Waals surface area contributed by atoms with Crippen LogP contribution in [0.2, 0.25) is 0 Å². The Morgan fingerprint density at radius 2 is 1.71 bits per heavy atom. The summed E-state index contributed by atoms with van der Waals surface area (Å²) < 4.78 is 47.9. The van der Waals surface area contributed by atoms with Crippen LogP contribution in [0.3, 0.4) is 0 Å². The second-order valence-electron chi connectivity index (χ2n) is 9.80. The normalized spacial score (nSPS) is 16.1. The Bertz CT molecular complexity index is 1020. The van der Waals surface area contributed by atoms with E-state index in [2.05, 4.69) is 15.7 Å². The summed E-state index contributed by atoms with van der Waals surface area (Å²) in [5, 5.41) is 9.31. The lowest BCUT2D eigenvalue weighted by atomic mass is 9.81. The van der Waals surface area contributed by atoms with Crippen molar-refractivity contribution < 1.29 is 27.5 Å². The van der Waals surface area contributed by atoms with Gasteiger partial charge in [0, 0.05) is 6.54 Å². The van der Waals surface area contributed by atoms with Crippen LogP contribution in [-0.4, -0.2) is 39.5 Å². The minimum atomic E-state index is -4.80.